The van der Waals surface area contributed by atoms with Gasteiger partial charge in [-0.25, -0.2) is 0 Å². The molecule has 0 unspecified atom stereocenters. The molecule has 0 heterocycles. The molecule has 0 aliphatic carbocycles. The summed E-state index contributed by atoms with van der Waals surface area (Å²) in [6.45, 7) is 6.90. The van der Waals surface area contributed by atoms with Crippen LogP contribution in [0.2, 0.25) is 0 Å². The van der Waals surface area contributed by atoms with E-state index in [-0.39, 0.29) is 35.0 Å². The second-order valence-electron chi connectivity index (χ2n) is 6.17. The van der Waals surface area contributed by atoms with Gasteiger partial charge >= 0.3 is 0 Å². The Morgan fingerprint density at radius 2 is 1.91 bits per heavy atom. The molecule has 0 saturated heterocycles. The van der Waals surface area contributed by atoms with Gasteiger partial charge in [0.25, 0.3) is 5.69 Å². The summed E-state index contributed by atoms with van der Waals surface area (Å²) in [6, 6.07) is 4.23. The summed E-state index contributed by atoms with van der Waals surface area (Å²) in [7, 11) is 1.60. The third-order valence-electron chi connectivity index (χ3n) is 2.89. The molecular weight excluding hydrogens is 286 g/mol. The molecule has 0 saturated carbocycles. The summed E-state index contributed by atoms with van der Waals surface area (Å²) >= 11 is 0. The molecule has 7 heteroatoms. The molecule has 22 heavy (non-hydrogen) atoms. The Hall–Kier alpha value is -2.44. The number of likely N-dealkylation sites (N-methyl/N-ethyl adjacent to an activating group) is 1. The van der Waals surface area contributed by atoms with Gasteiger partial charge in [0.1, 0.15) is 5.69 Å². The van der Waals surface area contributed by atoms with Crippen LogP contribution in [0.3, 0.4) is 0 Å². The van der Waals surface area contributed by atoms with Gasteiger partial charge in [0.2, 0.25) is 5.91 Å². The van der Waals surface area contributed by atoms with Crippen molar-refractivity contribution >= 4 is 23.1 Å². The Kier molecular flexibility index (Phi) is 5.24. The lowest BCUT2D eigenvalue weighted by Gasteiger charge is -2.24. The van der Waals surface area contributed by atoms with Gasteiger partial charge in [0.15, 0.2) is 5.78 Å². The third kappa shape index (κ3) is 4.83. The Morgan fingerprint density at radius 3 is 2.36 bits per heavy atom. The first-order chi connectivity index (χ1) is 10.0. The number of hydrogen-bond acceptors (Lipinski definition) is 5. The first kappa shape index (κ1) is 17.6. The summed E-state index contributed by atoms with van der Waals surface area (Å²) < 4.78 is 0. The predicted octanol–water partition coefficient (Wildman–Crippen LogP) is 2.15. The second kappa shape index (κ2) is 6.55. The van der Waals surface area contributed by atoms with Crippen molar-refractivity contribution < 1.29 is 14.5 Å². The van der Waals surface area contributed by atoms with Gasteiger partial charge in [-0.05, 0) is 39.8 Å². The molecule has 1 amide bonds. The third-order valence-corrected chi connectivity index (χ3v) is 2.89. The zero-order valence-corrected chi connectivity index (χ0v) is 13.5. The summed E-state index contributed by atoms with van der Waals surface area (Å²) in [4.78, 5) is 35.4. The molecule has 0 aliphatic rings. The molecule has 0 fully saturated rings. The van der Waals surface area contributed by atoms with E-state index in [4.69, 9.17) is 0 Å². The number of rotatable bonds is 5. The van der Waals surface area contributed by atoms with E-state index in [1.165, 1.54) is 30.0 Å². The van der Waals surface area contributed by atoms with Crippen molar-refractivity contribution in [2.75, 3.05) is 18.5 Å². The van der Waals surface area contributed by atoms with Crippen LogP contribution >= 0.6 is 0 Å². The fraction of sp³-hybridized carbons (Fsp3) is 0.467. The minimum Gasteiger partial charge on any atom is -0.360 e. The highest BCUT2D eigenvalue weighted by Crippen LogP contribution is 2.28. The molecule has 1 aromatic carbocycles. The van der Waals surface area contributed by atoms with Crippen molar-refractivity contribution in [3.63, 3.8) is 0 Å². The molecule has 0 aromatic heterocycles. The van der Waals surface area contributed by atoms with E-state index < -0.39 is 4.92 Å². The zero-order valence-electron chi connectivity index (χ0n) is 13.5. The summed E-state index contributed by atoms with van der Waals surface area (Å²) in [5.74, 6) is -0.484. The number of Topliss-reactive ketones (excluding diaryl/α,β-unsaturated/α-hetero) is 1. The average Bonchev–Trinajstić information content (AvgIpc) is 2.35. The number of hydrogen-bond donors (Lipinski definition) is 1. The molecular formula is C15H21N3O4. The number of amides is 1. The Bertz CT molecular complexity index is 605. The second-order valence-corrected chi connectivity index (χ2v) is 6.17. The lowest BCUT2D eigenvalue weighted by atomic mass is 10.1. The van der Waals surface area contributed by atoms with Gasteiger partial charge in [0.05, 0.1) is 11.5 Å². The van der Waals surface area contributed by atoms with Crippen molar-refractivity contribution in [1.29, 1.82) is 0 Å². The van der Waals surface area contributed by atoms with Crippen LogP contribution in [0, 0.1) is 10.1 Å². The number of carbonyl (C=O) groups excluding carboxylic acids is 2. The fourth-order valence-corrected chi connectivity index (χ4v) is 1.97. The van der Waals surface area contributed by atoms with E-state index in [9.17, 15) is 19.7 Å². The first-order valence-corrected chi connectivity index (χ1v) is 6.83. The number of ketones is 1. The minimum atomic E-state index is -0.556. The molecule has 0 bridgehead atoms. The Labute approximate surface area is 129 Å². The summed E-state index contributed by atoms with van der Waals surface area (Å²) in [5, 5.41) is 14.0. The van der Waals surface area contributed by atoms with Crippen LogP contribution < -0.4 is 10.2 Å². The van der Waals surface area contributed by atoms with Crippen LogP contribution in [-0.2, 0) is 4.79 Å². The van der Waals surface area contributed by atoms with E-state index in [0.29, 0.717) is 5.69 Å². The maximum atomic E-state index is 11.9. The molecule has 1 aromatic rings. The Morgan fingerprint density at radius 1 is 1.32 bits per heavy atom. The number of carbonyl (C=O) groups is 2. The lowest BCUT2D eigenvalue weighted by molar-refractivity contribution is -0.384. The largest absolute Gasteiger partial charge is 0.360 e. The fourth-order valence-electron chi connectivity index (χ4n) is 1.97. The minimum absolute atomic E-state index is 0.0163. The van der Waals surface area contributed by atoms with Crippen molar-refractivity contribution in [2.24, 2.45) is 0 Å². The smallest absolute Gasteiger partial charge is 0.293 e. The number of anilines is 1. The number of nitro benzene ring substituents is 1. The topological polar surface area (TPSA) is 92.6 Å². The molecule has 0 aliphatic heterocycles. The predicted molar refractivity (Wildman–Crippen MR) is 84.3 cm³/mol. The quantitative estimate of drug-likeness (QED) is 0.511. The van der Waals surface area contributed by atoms with Gasteiger partial charge in [0, 0.05) is 24.2 Å². The van der Waals surface area contributed by atoms with E-state index >= 15 is 0 Å². The van der Waals surface area contributed by atoms with Crippen molar-refractivity contribution in [1.82, 2.24) is 5.32 Å². The number of nitrogens with one attached hydrogen (secondary N) is 1. The highest BCUT2D eigenvalue weighted by Gasteiger charge is 2.22. The van der Waals surface area contributed by atoms with Crippen LogP contribution in [0.4, 0.5) is 11.4 Å². The van der Waals surface area contributed by atoms with Crippen LogP contribution in [0.15, 0.2) is 18.2 Å². The van der Waals surface area contributed by atoms with Gasteiger partial charge in [-0.2, -0.15) is 0 Å². The maximum absolute atomic E-state index is 11.9. The molecule has 1 N–H and O–H groups in total. The molecule has 120 valence electrons. The van der Waals surface area contributed by atoms with E-state index in [2.05, 4.69) is 5.32 Å². The molecule has 0 radical (unpaired) electrons. The average molecular weight is 307 g/mol. The first-order valence-electron chi connectivity index (χ1n) is 6.83. The Balaban J connectivity index is 3.02. The van der Waals surface area contributed by atoms with E-state index in [1.807, 2.05) is 20.8 Å². The van der Waals surface area contributed by atoms with Gasteiger partial charge < -0.3 is 10.2 Å². The van der Waals surface area contributed by atoms with Crippen molar-refractivity contribution in [3.8, 4) is 0 Å². The van der Waals surface area contributed by atoms with Crippen LogP contribution in [0.1, 0.15) is 38.1 Å². The highest BCUT2D eigenvalue weighted by molar-refractivity contribution is 5.95. The number of nitro groups is 1. The summed E-state index contributed by atoms with van der Waals surface area (Å²) in [6.07, 6.45) is 0. The van der Waals surface area contributed by atoms with Crippen molar-refractivity contribution in [3.05, 3.63) is 33.9 Å². The molecule has 0 spiro atoms. The standard InChI is InChI=1S/C15H21N3O4/c1-10(19)11-6-7-12(13(8-11)18(21)22)17(5)9-14(20)16-15(2,3)4/h6-8H,9H2,1-5H3,(H,16,20). The SMILES string of the molecule is CC(=O)c1ccc(N(C)CC(=O)NC(C)(C)C)c([N+](=O)[O-])c1. The van der Waals surface area contributed by atoms with Gasteiger partial charge in [-0.15, -0.1) is 0 Å². The van der Waals surface area contributed by atoms with Gasteiger partial charge in [-0.1, -0.05) is 0 Å². The molecule has 1 rings (SSSR count). The molecule has 0 atom stereocenters. The van der Waals surface area contributed by atoms with Gasteiger partial charge in [-0.3, -0.25) is 19.7 Å². The normalized spacial score (nSPS) is 11.0. The van der Waals surface area contributed by atoms with Crippen LogP contribution in [-0.4, -0.2) is 35.7 Å². The zero-order chi connectivity index (χ0) is 17.1. The maximum Gasteiger partial charge on any atom is 0.293 e. The van der Waals surface area contributed by atoms with Crippen molar-refractivity contribution in [2.45, 2.75) is 33.2 Å². The highest BCUT2D eigenvalue weighted by atomic mass is 16.6. The van der Waals surface area contributed by atoms with Crippen LogP contribution in [0.25, 0.3) is 0 Å². The number of nitrogens with zero attached hydrogens (tertiary/aromatic N) is 2. The lowest BCUT2D eigenvalue weighted by Crippen LogP contribution is -2.45. The van der Waals surface area contributed by atoms with E-state index in [0.717, 1.165) is 0 Å². The summed E-state index contributed by atoms with van der Waals surface area (Å²) in [5.41, 5.74) is -0.0108. The monoisotopic (exact) mass is 307 g/mol. The number of benzene rings is 1. The molecule has 7 nitrogen and oxygen atoms in total. The van der Waals surface area contributed by atoms with E-state index in [1.54, 1.807) is 7.05 Å². The van der Waals surface area contributed by atoms with Crippen LogP contribution in [0.5, 0.6) is 0 Å².